The Bertz CT molecular complexity index is 815. The van der Waals surface area contributed by atoms with E-state index in [1.807, 2.05) is 13.0 Å². The van der Waals surface area contributed by atoms with Gasteiger partial charge in [0.05, 0.1) is 19.1 Å². The lowest BCUT2D eigenvalue weighted by Gasteiger charge is -2.21. The van der Waals surface area contributed by atoms with Crippen LogP contribution in [0.5, 0.6) is 5.75 Å². The Hall–Kier alpha value is -2.66. The van der Waals surface area contributed by atoms with Gasteiger partial charge in [0.1, 0.15) is 5.75 Å². The van der Waals surface area contributed by atoms with Crippen LogP contribution in [0, 0.1) is 0 Å². The Labute approximate surface area is 140 Å². The Balaban J connectivity index is 1.98. The molecular formula is C19H19NO4. The fraction of sp³-hybridized carbons (Fsp3) is 0.263. The van der Waals surface area contributed by atoms with Crippen LogP contribution in [0.25, 0.3) is 0 Å². The van der Waals surface area contributed by atoms with Gasteiger partial charge in [0, 0.05) is 11.3 Å². The minimum absolute atomic E-state index is 0.334. The topological polar surface area (TPSA) is 75.6 Å². The van der Waals surface area contributed by atoms with Crippen molar-refractivity contribution in [3.05, 3.63) is 59.2 Å². The van der Waals surface area contributed by atoms with E-state index < -0.39 is 11.5 Å². The van der Waals surface area contributed by atoms with E-state index in [2.05, 4.69) is 5.32 Å². The summed E-state index contributed by atoms with van der Waals surface area (Å²) in [5.74, 6) is -0.499. The van der Waals surface area contributed by atoms with Crippen LogP contribution in [0.2, 0.25) is 0 Å². The molecule has 3 rings (SSSR count). The number of anilines is 1. The number of amides is 1. The van der Waals surface area contributed by atoms with E-state index in [1.165, 1.54) is 7.11 Å². The first kappa shape index (κ1) is 16.2. The standard InChI is InChI=1S/C19H19NO4/c1-3-12-8-9-15-14(10-12)19(23,18(22)20-15)11-16(21)13-6-4-5-7-17(13)24-2/h4-10,23H,3,11H2,1-2H3,(H,20,22)/t19-/m0/s1. The molecule has 1 heterocycles. The Morgan fingerprint density at radius 2 is 2.00 bits per heavy atom. The van der Waals surface area contributed by atoms with Crippen LogP contribution < -0.4 is 10.1 Å². The van der Waals surface area contributed by atoms with Gasteiger partial charge in [-0.2, -0.15) is 0 Å². The quantitative estimate of drug-likeness (QED) is 0.829. The molecule has 1 amide bonds. The summed E-state index contributed by atoms with van der Waals surface area (Å²) < 4.78 is 5.19. The third-order valence-corrected chi connectivity index (χ3v) is 4.39. The molecule has 1 aliphatic rings. The number of ether oxygens (including phenoxy) is 1. The Morgan fingerprint density at radius 3 is 2.71 bits per heavy atom. The molecule has 5 heteroatoms. The van der Waals surface area contributed by atoms with E-state index in [1.54, 1.807) is 36.4 Å². The molecule has 124 valence electrons. The van der Waals surface area contributed by atoms with Gasteiger partial charge in [0.25, 0.3) is 5.91 Å². The van der Waals surface area contributed by atoms with Gasteiger partial charge < -0.3 is 15.2 Å². The van der Waals surface area contributed by atoms with Gasteiger partial charge in [0.2, 0.25) is 0 Å². The van der Waals surface area contributed by atoms with E-state index in [4.69, 9.17) is 4.74 Å². The van der Waals surface area contributed by atoms with Crippen LogP contribution in [0.15, 0.2) is 42.5 Å². The van der Waals surface area contributed by atoms with Gasteiger partial charge in [-0.1, -0.05) is 31.2 Å². The predicted molar refractivity (Wildman–Crippen MR) is 90.3 cm³/mol. The first-order valence-corrected chi connectivity index (χ1v) is 7.83. The maximum absolute atomic E-state index is 12.7. The number of Topliss-reactive ketones (excluding diaryl/α,β-unsaturated/α-hetero) is 1. The number of ketones is 1. The number of nitrogens with one attached hydrogen (secondary N) is 1. The number of hydrogen-bond donors (Lipinski definition) is 2. The molecule has 0 fully saturated rings. The Morgan fingerprint density at radius 1 is 1.25 bits per heavy atom. The molecule has 2 aromatic rings. The van der Waals surface area contributed by atoms with Crippen molar-refractivity contribution in [1.82, 2.24) is 0 Å². The number of hydrogen-bond acceptors (Lipinski definition) is 4. The molecule has 0 saturated carbocycles. The minimum atomic E-state index is -1.86. The second kappa shape index (κ2) is 6.09. The molecule has 1 atom stereocenters. The highest BCUT2D eigenvalue weighted by atomic mass is 16.5. The largest absolute Gasteiger partial charge is 0.496 e. The summed E-state index contributed by atoms with van der Waals surface area (Å²) in [6.45, 7) is 1.99. The smallest absolute Gasteiger partial charge is 0.261 e. The summed E-state index contributed by atoms with van der Waals surface area (Å²) in [4.78, 5) is 25.0. The molecule has 0 spiro atoms. The summed E-state index contributed by atoms with van der Waals surface area (Å²) in [6, 6.07) is 12.2. The van der Waals surface area contributed by atoms with Gasteiger partial charge in [0.15, 0.2) is 11.4 Å². The lowest BCUT2D eigenvalue weighted by molar-refractivity contribution is -0.133. The van der Waals surface area contributed by atoms with Crippen LogP contribution in [0.1, 0.15) is 34.8 Å². The molecule has 2 N–H and O–H groups in total. The van der Waals surface area contributed by atoms with E-state index in [9.17, 15) is 14.7 Å². The molecule has 2 aromatic carbocycles. The number of carbonyl (C=O) groups is 2. The number of carbonyl (C=O) groups excluding carboxylic acids is 2. The van der Waals surface area contributed by atoms with E-state index >= 15 is 0 Å². The third-order valence-electron chi connectivity index (χ3n) is 4.39. The van der Waals surface area contributed by atoms with Crippen LogP contribution in [-0.4, -0.2) is 23.9 Å². The van der Waals surface area contributed by atoms with Crippen molar-refractivity contribution in [2.75, 3.05) is 12.4 Å². The SMILES string of the molecule is CCc1ccc2c(c1)[C@@](O)(CC(=O)c1ccccc1OC)C(=O)N2. The zero-order valence-corrected chi connectivity index (χ0v) is 13.6. The fourth-order valence-corrected chi connectivity index (χ4v) is 2.99. The molecule has 0 aromatic heterocycles. The molecule has 24 heavy (non-hydrogen) atoms. The number of rotatable bonds is 5. The molecule has 1 aliphatic heterocycles. The molecule has 5 nitrogen and oxygen atoms in total. The predicted octanol–water partition coefficient (Wildman–Crippen LogP) is 2.67. The average molecular weight is 325 g/mol. The fourth-order valence-electron chi connectivity index (χ4n) is 2.99. The number of methoxy groups -OCH3 is 1. The number of para-hydroxylation sites is 1. The highest BCUT2D eigenvalue weighted by Crippen LogP contribution is 2.40. The second-order valence-electron chi connectivity index (χ2n) is 5.85. The van der Waals surface area contributed by atoms with Crippen LogP contribution >= 0.6 is 0 Å². The molecule has 0 aliphatic carbocycles. The van der Waals surface area contributed by atoms with E-state index in [-0.39, 0.29) is 12.2 Å². The normalized spacial score (nSPS) is 18.9. The third kappa shape index (κ3) is 2.57. The summed E-state index contributed by atoms with van der Waals surface area (Å²) >= 11 is 0. The minimum Gasteiger partial charge on any atom is -0.496 e. The molecule has 0 bridgehead atoms. The van der Waals surface area contributed by atoms with Crippen molar-refractivity contribution in [1.29, 1.82) is 0 Å². The maximum Gasteiger partial charge on any atom is 0.261 e. The van der Waals surface area contributed by atoms with Crippen molar-refractivity contribution in [3.8, 4) is 5.75 Å². The van der Waals surface area contributed by atoms with Crippen LogP contribution in [0.4, 0.5) is 5.69 Å². The van der Waals surface area contributed by atoms with Crippen molar-refractivity contribution < 1.29 is 19.4 Å². The molecule has 0 saturated heterocycles. The highest BCUT2D eigenvalue weighted by molar-refractivity contribution is 6.10. The van der Waals surface area contributed by atoms with E-state index in [0.717, 1.165) is 12.0 Å². The summed E-state index contributed by atoms with van der Waals surface area (Å²) in [7, 11) is 1.48. The highest BCUT2D eigenvalue weighted by Gasteiger charge is 2.47. The molecular weight excluding hydrogens is 306 g/mol. The molecule has 0 unspecified atom stereocenters. The van der Waals surface area contributed by atoms with Gasteiger partial charge in [-0.3, -0.25) is 9.59 Å². The van der Waals surface area contributed by atoms with Crippen molar-refractivity contribution >= 4 is 17.4 Å². The Kier molecular flexibility index (Phi) is 4.11. The summed E-state index contributed by atoms with van der Waals surface area (Å²) in [5.41, 5.74) is 0.482. The van der Waals surface area contributed by atoms with E-state index in [0.29, 0.717) is 22.6 Å². The monoisotopic (exact) mass is 325 g/mol. The van der Waals surface area contributed by atoms with Crippen molar-refractivity contribution in [3.63, 3.8) is 0 Å². The summed E-state index contributed by atoms with van der Waals surface area (Å²) in [6.07, 6.45) is 0.442. The number of fused-ring (bicyclic) bond motifs is 1. The van der Waals surface area contributed by atoms with Crippen LogP contribution in [-0.2, 0) is 16.8 Å². The second-order valence-corrected chi connectivity index (χ2v) is 5.85. The van der Waals surface area contributed by atoms with Gasteiger partial charge in [-0.25, -0.2) is 0 Å². The lowest BCUT2D eigenvalue weighted by Crippen LogP contribution is -2.36. The number of benzene rings is 2. The first-order chi connectivity index (χ1) is 11.5. The van der Waals surface area contributed by atoms with Crippen molar-refractivity contribution in [2.24, 2.45) is 0 Å². The van der Waals surface area contributed by atoms with Gasteiger partial charge in [-0.05, 0) is 30.2 Å². The van der Waals surface area contributed by atoms with Gasteiger partial charge in [-0.15, -0.1) is 0 Å². The lowest BCUT2D eigenvalue weighted by atomic mass is 9.87. The number of aliphatic hydroxyl groups is 1. The van der Waals surface area contributed by atoms with Gasteiger partial charge >= 0.3 is 0 Å². The number of aryl methyl sites for hydroxylation is 1. The zero-order valence-electron chi connectivity index (χ0n) is 13.6. The maximum atomic E-state index is 12.7. The molecule has 0 radical (unpaired) electrons. The first-order valence-electron chi connectivity index (χ1n) is 7.83. The van der Waals surface area contributed by atoms with Crippen LogP contribution in [0.3, 0.4) is 0 Å². The average Bonchev–Trinajstić information content (AvgIpc) is 2.85. The van der Waals surface area contributed by atoms with Crippen molar-refractivity contribution in [2.45, 2.75) is 25.4 Å². The zero-order chi connectivity index (χ0) is 17.3. The summed E-state index contributed by atoms with van der Waals surface area (Å²) in [5, 5.41) is 13.6.